The Bertz CT molecular complexity index is 840. The van der Waals surface area contributed by atoms with Crippen molar-refractivity contribution < 1.29 is 0 Å². The van der Waals surface area contributed by atoms with Gasteiger partial charge in [-0.3, -0.25) is 4.98 Å². The number of nitrogens with one attached hydrogen (secondary N) is 2. The summed E-state index contributed by atoms with van der Waals surface area (Å²) in [5, 5.41) is 17.8. The number of hydrogen-bond acceptors (Lipinski definition) is 5. The summed E-state index contributed by atoms with van der Waals surface area (Å²) in [5.74, 6) is 0.566. The van der Waals surface area contributed by atoms with Crippen LogP contribution in [0.3, 0.4) is 0 Å². The highest BCUT2D eigenvalue weighted by molar-refractivity contribution is 5.53. The van der Waals surface area contributed by atoms with E-state index in [2.05, 4.69) is 75.1 Å². The summed E-state index contributed by atoms with van der Waals surface area (Å²) < 4.78 is 0. The molecule has 24 heavy (non-hydrogen) atoms. The average molecular weight is 320 g/mol. The molecule has 0 fully saturated rings. The molecular weight excluding hydrogens is 300 g/mol. The van der Waals surface area contributed by atoms with Crippen molar-refractivity contribution in [3.63, 3.8) is 0 Å². The zero-order valence-electron chi connectivity index (χ0n) is 13.8. The van der Waals surface area contributed by atoms with Crippen LogP contribution >= 0.6 is 0 Å². The third-order valence-electron chi connectivity index (χ3n) is 4.70. The summed E-state index contributed by atoms with van der Waals surface area (Å²) in [7, 11) is 0. The largest absolute Gasteiger partial charge is 0.305 e. The number of benzene rings is 1. The minimum absolute atomic E-state index is 0.197. The molecule has 0 bridgehead atoms. The second-order valence-electron chi connectivity index (χ2n) is 7.00. The van der Waals surface area contributed by atoms with Gasteiger partial charge in [0.15, 0.2) is 0 Å². The lowest BCUT2D eigenvalue weighted by molar-refractivity contribution is 0.268. The highest BCUT2D eigenvalue weighted by atomic mass is 15.5. The van der Waals surface area contributed by atoms with E-state index in [4.69, 9.17) is 0 Å². The molecule has 0 saturated heterocycles. The number of tetrazole rings is 1. The zero-order chi connectivity index (χ0) is 16.6. The maximum atomic E-state index is 4.30. The molecule has 2 aromatic heterocycles. The van der Waals surface area contributed by atoms with Gasteiger partial charge in [0.25, 0.3) is 0 Å². The van der Waals surface area contributed by atoms with Gasteiger partial charge >= 0.3 is 0 Å². The number of H-pyrrole nitrogens is 1. The van der Waals surface area contributed by atoms with Gasteiger partial charge in [-0.25, -0.2) is 0 Å². The smallest absolute Gasteiger partial charge is 0.206 e. The molecule has 122 valence electrons. The van der Waals surface area contributed by atoms with E-state index >= 15 is 0 Å². The monoisotopic (exact) mass is 320 g/mol. The lowest BCUT2D eigenvalue weighted by Crippen LogP contribution is -2.30. The Balaban J connectivity index is 1.54. The first kappa shape index (κ1) is 15.0. The van der Waals surface area contributed by atoms with E-state index in [1.165, 1.54) is 11.1 Å². The Labute approximate surface area is 140 Å². The third-order valence-corrected chi connectivity index (χ3v) is 4.70. The molecule has 2 N–H and O–H groups in total. The van der Waals surface area contributed by atoms with Crippen LogP contribution in [-0.4, -0.2) is 25.6 Å². The van der Waals surface area contributed by atoms with E-state index in [-0.39, 0.29) is 5.41 Å². The van der Waals surface area contributed by atoms with Crippen molar-refractivity contribution in [1.82, 2.24) is 30.9 Å². The summed E-state index contributed by atoms with van der Waals surface area (Å²) in [6, 6.07) is 11.1. The molecule has 4 rings (SSSR count). The van der Waals surface area contributed by atoms with Crippen molar-refractivity contribution in [2.75, 3.05) is 0 Å². The quantitative estimate of drug-likeness (QED) is 0.772. The number of aromatic amines is 1. The standard InChI is InChI=1S/C18H20N6/c1-18(2)8-13-5-3-4-6-15(13)16(18)20-10-12-7-14(11-19-9-12)17-21-23-24-22-17/h3-7,9,11,16,20H,8,10H2,1-2H3,(H,21,22,23,24). The maximum absolute atomic E-state index is 4.30. The molecule has 1 aromatic carbocycles. The molecule has 1 unspecified atom stereocenters. The first-order chi connectivity index (χ1) is 11.6. The van der Waals surface area contributed by atoms with Gasteiger partial charge in [-0.2, -0.15) is 5.21 Å². The van der Waals surface area contributed by atoms with Gasteiger partial charge in [0.2, 0.25) is 5.82 Å². The SMILES string of the molecule is CC1(C)Cc2ccccc2C1NCc1cncc(-c2nn[nH]n2)c1. The number of pyridine rings is 1. The predicted molar refractivity (Wildman–Crippen MR) is 90.9 cm³/mol. The van der Waals surface area contributed by atoms with Gasteiger partial charge in [0.05, 0.1) is 0 Å². The van der Waals surface area contributed by atoms with Crippen LogP contribution in [0.5, 0.6) is 0 Å². The summed E-state index contributed by atoms with van der Waals surface area (Å²) in [5.41, 5.74) is 5.03. The van der Waals surface area contributed by atoms with E-state index in [0.29, 0.717) is 11.9 Å². The highest BCUT2D eigenvalue weighted by Crippen LogP contribution is 2.45. The molecule has 0 saturated carbocycles. The highest BCUT2D eigenvalue weighted by Gasteiger charge is 2.38. The topological polar surface area (TPSA) is 79.4 Å². The van der Waals surface area contributed by atoms with Gasteiger partial charge in [0.1, 0.15) is 0 Å². The molecule has 3 aromatic rings. The van der Waals surface area contributed by atoms with Gasteiger partial charge in [0, 0.05) is 30.5 Å². The lowest BCUT2D eigenvalue weighted by atomic mass is 9.85. The van der Waals surface area contributed by atoms with Crippen LogP contribution in [0.15, 0.2) is 42.7 Å². The summed E-state index contributed by atoms with van der Waals surface area (Å²) in [6.07, 6.45) is 4.73. The first-order valence-electron chi connectivity index (χ1n) is 8.12. The Morgan fingerprint density at radius 1 is 1.25 bits per heavy atom. The molecule has 0 spiro atoms. The lowest BCUT2D eigenvalue weighted by Gasteiger charge is -2.28. The van der Waals surface area contributed by atoms with Crippen molar-refractivity contribution in [2.24, 2.45) is 5.41 Å². The van der Waals surface area contributed by atoms with Crippen LogP contribution in [0.1, 0.15) is 36.6 Å². The van der Waals surface area contributed by atoms with Gasteiger partial charge in [-0.05, 0) is 39.8 Å². The predicted octanol–water partition coefficient (Wildman–Crippen LogP) is 2.67. The van der Waals surface area contributed by atoms with Crippen molar-refractivity contribution >= 4 is 0 Å². The molecule has 6 heteroatoms. The number of aromatic nitrogens is 5. The third kappa shape index (κ3) is 2.69. The number of nitrogens with zero attached hydrogens (tertiary/aromatic N) is 4. The number of rotatable bonds is 4. The van der Waals surface area contributed by atoms with E-state index in [1.54, 1.807) is 6.20 Å². The fourth-order valence-corrected chi connectivity index (χ4v) is 3.59. The summed E-state index contributed by atoms with van der Waals surface area (Å²) >= 11 is 0. The number of hydrogen-bond donors (Lipinski definition) is 2. The van der Waals surface area contributed by atoms with E-state index < -0.39 is 0 Å². The summed E-state index contributed by atoms with van der Waals surface area (Å²) in [4.78, 5) is 4.30. The zero-order valence-corrected chi connectivity index (χ0v) is 13.8. The van der Waals surface area contributed by atoms with E-state index in [9.17, 15) is 0 Å². The molecule has 0 radical (unpaired) electrons. The first-order valence-corrected chi connectivity index (χ1v) is 8.12. The summed E-state index contributed by atoms with van der Waals surface area (Å²) in [6.45, 7) is 5.39. The van der Waals surface area contributed by atoms with Crippen LogP contribution in [0.4, 0.5) is 0 Å². The maximum Gasteiger partial charge on any atom is 0.206 e. The Morgan fingerprint density at radius 3 is 2.96 bits per heavy atom. The van der Waals surface area contributed by atoms with Crippen LogP contribution in [0, 0.1) is 5.41 Å². The Kier molecular flexibility index (Phi) is 3.61. The normalized spacial score (nSPS) is 18.5. The van der Waals surface area contributed by atoms with Crippen molar-refractivity contribution in [3.05, 3.63) is 59.4 Å². The molecular formula is C18H20N6. The van der Waals surface area contributed by atoms with Crippen LogP contribution < -0.4 is 5.32 Å². The Hall–Kier alpha value is -2.60. The van der Waals surface area contributed by atoms with Gasteiger partial charge in [-0.15, -0.1) is 10.2 Å². The minimum Gasteiger partial charge on any atom is -0.305 e. The molecule has 6 nitrogen and oxygen atoms in total. The van der Waals surface area contributed by atoms with E-state index in [0.717, 1.165) is 24.1 Å². The van der Waals surface area contributed by atoms with Crippen LogP contribution in [-0.2, 0) is 13.0 Å². The van der Waals surface area contributed by atoms with Crippen molar-refractivity contribution in [2.45, 2.75) is 32.9 Å². The van der Waals surface area contributed by atoms with Crippen molar-refractivity contribution in [1.29, 1.82) is 0 Å². The van der Waals surface area contributed by atoms with Crippen LogP contribution in [0.25, 0.3) is 11.4 Å². The van der Waals surface area contributed by atoms with Crippen molar-refractivity contribution in [3.8, 4) is 11.4 Å². The molecule has 1 aliphatic carbocycles. The van der Waals surface area contributed by atoms with E-state index in [1.807, 2.05) is 6.20 Å². The average Bonchev–Trinajstić information content (AvgIpc) is 3.18. The molecule has 1 aliphatic rings. The van der Waals surface area contributed by atoms with Gasteiger partial charge in [-0.1, -0.05) is 38.1 Å². The molecule has 0 amide bonds. The minimum atomic E-state index is 0.197. The Morgan fingerprint density at radius 2 is 2.12 bits per heavy atom. The second-order valence-corrected chi connectivity index (χ2v) is 7.00. The van der Waals surface area contributed by atoms with Gasteiger partial charge < -0.3 is 5.32 Å². The molecule has 0 aliphatic heterocycles. The second kappa shape index (κ2) is 5.79. The molecule has 2 heterocycles. The molecule has 1 atom stereocenters. The fourth-order valence-electron chi connectivity index (χ4n) is 3.59. The number of fused-ring (bicyclic) bond motifs is 1. The van der Waals surface area contributed by atoms with Crippen LogP contribution in [0.2, 0.25) is 0 Å². The fraction of sp³-hybridized carbons (Fsp3) is 0.333.